The zero-order valence-corrected chi connectivity index (χ0v) is 23.6. The number of carboxylic acid groups (broad SMARTS) is 2. The van der Waals surface area contributed by atoms with Crippen LogP contribution >= 0.6 is 11.8 Å². The molecule has 0 bridgehead atoms. The highest BCUT2D eigenvalue weighted by atomic mass is 32.2. The number of nitrogens with zero attached hydrogens (tertiary/aromatic N) is 1. The van der Waals surface area contributed by atoms with Gasteiger partial charge in [-0.1, -0.05) is 12.1 Å². The number of carbonyl (C=O) groups excluding carboxylic acids is 3. The van der Waals surface area contributed by atoms with E-state index < -0.39 is 60.2 Å². The van der Waals surface area contributed by atoms with Crippen molar-refractivity contribution in [3.63, 3.8) is 0 Å². The lowest BCUT2D eigenvalue weighted by Gasteiger charge is -2.25. The quantitative estimate of drug-likeness (QED) is 0.0499. The number of rotatable bonds is 19. The third-order valence-corrected chi connectivity index (χ3v) is 6.46. The van der Waals surface area contributed by atoms with E-state index in [4.69, 9.17) is 22.3 Å². The zero-order valence-electron chi connectivity index (χ0n) is 22.7. The Morgan fingerprint density at radius 3 is 2.02 bits per heavy atom. The molecule has 0 saturated carbocycles. The second-order valence-electron chi connectivity index (χ2n) is 9.16. The Bertz CT molecular complexity index is 1070. The van der Waals surface area contributed by atoms with Crippen molar-refractivity contribution in [3.8, 4) is 5.75 Å². The van der Waals surface area contributed by atoms with Crippen LogP contribution in [0.3, 0.4) is 0 Å². The number of benzene rings is 1. The standard InChI is InChI=1S/C25H39N7O8S/c1-41-12-10-16(26)21(36)32-19(13-14-4-6-15(33)7-5-14)23(38)30-17(8-9-20(34)35)22(37)31-18(24(39)40)3-2-11-29-25(27)28/h4-7,16-19,33H,2-3,8-13,26H2,1H3,(H,30,38)(H,31,37)(H,32,36)(H,34,35)(H,39,40)(H4,27,28,29). The first-order valence-corrected chi connectivity index (χ1v) is 14.2. The number of carbonyl (C=O) groups is 5. The van der Waals surface area contributed by atoms with Gasteiger partial charge < -0.3 is 48.5 Å². The van der Waals surface area contributed by atoms with Gasteiger partial charge in [-0.05, 0) is 55.4 Å². The van der Waals surface area contributed by atoms with Crippen molar-refractivity contribution in [2.24, 2.45) is 22.2 Å². The van der Waals surface area contributed by atoms with Crippen molar-refractivity contribution < 1.29 is 39.3 Å². The predicted octanol–water partition coefficient (Wildman–Crippen LogP) is -1.53. The SMILES string of the molecule is CSCCC(N)C(=O)NC(Cc1ccc(O)cc1)C(=O)NC(CCC(=O)O)C(=O)NC(CCCN=C(N)N)C(=O)O. The van der Waals surface area contributed by atoms with Gasteiger partial charge in [0.05, 0.1) is 6.04 Å². The van der Waals surface area contributed by atoms with Crippen LogP contribution in [0.25, 0.3) is 0 Å². The minimum Gasteiger partial charge on any atom is -0.508 e. The number of nitrogens with two attached hydrogens (primary N) is 3. The van der Waals surface area contributed by atoms with E-state index in [1.165, 1.54) is 23.9 Å². The molecule has 1 aromatic carbocycles. The molecule has 0 fully saturated rings. The number of aromatic hydroxyl groups is 1. The van der Waals surface area contributed by atoms with Gasteiger partial charge in [-0.25, -0.2) is 4.79 Å². The van der Waals surface area contributed by atoms with Crippen molar-refractivity contribution in [1.82, 2.24) is 16.0 Å². The Morgan fingerprint density at radius 2 is 1.46 bits per heavy atom. The number of guanidine groups is 1. The normalized spacial score (nSPS) is 13.6. The van der Waals surface area contributed by atoms with E-state index in [1.807, 2.05) is 6.26 Å². The summed E-state index contributed by atoms with van der Waals surface area (Å²) >= 11 is 1.50. The monoisotopic (exact) mass is 597 g/mol. The highest BCUT2D eigenvalue weighted by Crippen LogP contribution is 2.12. The lowest BCUT2D eigenvalue weighted by atomic mass is 10.0. The average molecular weight is 598 g/mol. The molecule has 0 aliphatic heterocycles. The van der Waals surface area contributed by atoms with Gasteiger partial charge in [0.1, 0.15) is 23.9 Å². The van der Waals surface area contributed by atoms with Gasteiger partial charge in [0.15, 0.2) is 5.96 Å². The highest BCUT2D eigenvalue weighted by molar-refractivity contribution is 7.98. The summed E-state index contributed by atoms with van der Waals surface area (Å²) in [7, 11) is 0. The maximum Gasteiger partial charge on any atom is 0.326 e. The molecule has 0 heterocycles. The van der Waals surface area contributed by atoms with E-state index in [1.54, 1.807) is 12.1 Å². The summed E-state index contributed by atoms with van der Waals surface area (Å²) in [6, 6.07) is 0.983. The molecule has 0 spiro atoms. The molecule has 0 radical (unpaired) electrons. The number of hydrogen-bond acceptors (Lipinski definition) is 9. The Morgan fingerprint density at radius 1 is 0.878 bits per heavy atom. The lowest BCUT2D eigenvalue weighted by molar-refractivity contribution is -0.143. The van der Waals surface area contributed by atoms with E-state index in [-0.39, 0.29) is 43.9 Å². The van der Waals surface area contributed by atoms with Gasteiger partial charge in [0.2, 0.25) is 17.7 Å². The van der Waals surface area contributed by atoms with E-state index in [0.29, 0.717) is 17.7 Å². The van der Waals surface area contributed by atoms with Crippen molar-refractivity contribution in [2.75, 3.05) is 18.6 Å². The second kappa shape index (κ2) is 18.3. The summed E-state index contributed by atoms with van der Waals surface area (Å²) in [4.78, 5) is 65.8. The Kier molecular flexibility index (Phi) is 15.6. The maximum atomic E-state index is 13.3. The number of phenolic OH excluding ortho intramolecular Hbond substituents is 1. The number of carboxylic acids is 2. The molecule has 4 unspecified atom stereocenters. The van der Waals surface area contributed by atoms with Gasteiger partial charge >= 0.3 is 11.9 Å². The number of thioether (sulfide) groups is 1. The number of phenols is 1. The average Bonchev–Trinajstić information content (AvgIpc) is 2.91. The summed E-state index contributed by atoms with van der Waals surface area (Å²) < 4.78 is 0. The van der Waals surface area contributed by atoms with Crippen LogP contribution in [0.2, 0.25) is 0 Å². The number of aliphatic imine (C=N–C) groups is 1. The van der Waals surface area contributed by atoms with Crippen LogP contribution in [0.4, 0.5) is 0 Å². The molecule has 0 aliphatic rings. The fraction of sp³-hybridized carbons (Fsp3) is 0.520. The van der Waals surface area contributed by atoms with Gasteiger partial charge in [0, 0.05) is 19.4 Å². The summed E-state index contributed by atoms with van der Waals surface area (Å²) in [5.74, 6) is -4.48. The molecule has 228 valence electrons. The summed E-state index contributed by atoms with van der Waals surface area (Å²) in [5, 5.41) is 35.6. The summed E-state index contributed by atoms with van der Waals surface area (Å²) in [6.07, 6.45) is 1.50. The molecule has 16 heteroatoms. The van der Waals surface area contributed by atoms with Crippen LogP contribution in [0, 0.1) is 0 Å². The third kappa shape index (κ3) is 14.2. The second-order valence-corrected chi connectivity index (χ2v) is 10.1. The number of nitrogens with one attached hydrogen (secondary N) is 3. The molecular formula is C25H39N7O8S. The Balaban J connectivity index is 3.11. The van der Waals surface area contributed by atoms with Gasteiger partial charge in [0.25, 0.3) is 0 Å². The van der Waals surface area contributed by atoms with Crippen molar-refractivity contribution in [1.29, 1.82) is 0 Å². The van der Waals surface area contributed by atoms with E-state index in [2.05, 4.69) is 20.9 Å². The summed E-state index contributed by atoms with van der Waals surface area (Å²) in [6.45, 7) is 0.124. The molecule has 0 aliphatic carbocycles. The minimum absolute atomic E-state index is 0.00503. The molecule has 0 aromatic heterocycles. The molecule has 1 aromatic rings. The van der Waals surface area contributed by atoms with Crippen LogP contribution in [0.15, 0.2) is 29.3 Å². The number of aliphatic carboxylic acids is 2. The maximum absolute atomic E-state index is 13.3. The van der Waals surface area contributed by atoms with Crippen LogP contribution in [-0.2, 0) is 30.4 Å². The lowest BCUT2D eigenvalue weighted by Crippen LogP contribution is -2.57. The molecular weight excluding hydrogens is 558 g/mol. The molecule has 41 heavy (non-hydrogen) atoms. The molecule has 1 rings (SSSR count). The van der Waals surface area contributed by atoms with Crippen molar-refractivity contribution >= 4 is 47.4 Å². The third-order valence-electron chi connectivity index (χ3n) is 5.82. The van der Waals surface area contributed by atoms with E-state index in [0.717, 1.165) is 0 Å². The molecule has 15 nitrogen and oxygen atoms in total. The first-order chi connectivity index (χ1) is 19.3. The predicted molar refractivity (Wildman–Crippen MR) is 153 cm³/mol. The highest BCUT2D eigenvalue weighted by Gasteiger charge is 2.30. The Hall–Kier alpha value is -4.05. The zero-order chi connectivity index (χ0) is 30.9. The van der Waals surface area contributed by atoms with Gasteiger partial charge in [-0.2, -0.15) is 11.8 Å². The topological polar surface area (TPSA) is 273 Å². The van der Waals surface area contributed by atoms with Crippen molar-refractivity contribution in [3.05, 3.63) is 29.8 Å². The largest absolute Gasteiger partial charge is 0.508 e. The van der Waals surface area contributed by atoms with Gasteiger partial charge in [-0.3, -0.25) is 24.2 Å². The molecule has 12 N–H and O–H groups in total. The van der Waals surface area contributed by atoms with Crippen LogP contribution in [0.1, 0.15) is 37.7 Å². The fourth-order valence-corrected chi connectivity index (χ4v) is 4.06. The van der Waals surface area contributed by atoms with E-state index >= 15 is 0 Å². The van der Waals surface area contributed by atoms with Crippen LogP contribution in [0.5, 0.6) is 5.75 Å². The first-order valence-electron chi connectivity index (χ1n) is 12.8. The first kappa shape index (κ1) is 35.0. The number of hydrogen-bond donors (Lipinski definition) is 9. The molecule has 0 saturated heterocycles. The van der Waals surface area contributed by atoms with Gasteiger partial charge in [-0.15, -0.1) is 0 Å². The van der Waals surface area contributed by atoms with Crippen LogP contribution in [-0.4, -0.2) is 93.7 Å². The molecule has 3 amide bonds. The molecule has 4 atom stereocenters. The minimum atomic E-state index is -1.43. The smallest absolute Gasteiger partial charge is 0.326 e. The van der Waals surface area contributed by atoms with Crippen LogP contribution < -0.4 is 33.2 Å². The van der Waals surface area contributed by atoms with E-state index in [9.17, 15) is 34.2 Å². The van der Waals surface area contributed by atoms with Crippen molar-refractivity contribution in [2.45, 2.75) is 62.7 Å². The number of amides is 3. The summed E-state index contributed by atoms with van der Waals surface area (Å²) in [5.41, 5.74) is 17.0. The fourth-order valence-electron chi connectivity index (χ4n) is 3.57. The Labute approximate surface area is 241 Å².